The molecule has 1 rings (SSSR count). The van der Waals surface area contributed by atoms with Gasteiger partial charge in [0.25, 0.3) is 0 Å². The van der Waals surface area contributed by atoms with Crippen LogP contribution in [0.5, 0.6) is 0 Å². The van der Waals surface area contributed by atoms with Gasteiger partial charge >= 0.3 is 0 Å². The highest BCUT2D eigenvalue weighted by molar-refractivity contribution is 7.74. The van der Waals surface area contributed by atoms with E-state index in [4.69, 9.17) is 0 Å². The predicted octanol–water partition coefficient (Wildman–Crippen LogP) is -0.804. The summed E-state index contributed by atoms with van der Waals surface area (Å²) in [5.41, 5.74) is 0. The highest BCUT2D eigenvalue weighted by Gasteiger charge is 2.22. The molecule has 0 saturated carbocycles. The van der Waals surface area contributed by atoms with E-state index in [0.717, 1.165) is 0 Å². The molecule has 0 aromatic rings. The first kappa shape index (κ1) is 6.15. The number of hydrogen-bond acceptors (Lipinski definition) is 4. The van der Waals surface area contributed by atoms with Crippen molar-refractivity contribution < 1.29 is 17.7 Å². The quantitative estimate of drug-likeness (QED) is 0.377. The van der Waals surface area contributed by atoms with Crippen LogP contribution in [-0.4, -0.2) is 28.1 Å². The predicted molar refractivity (Wildman–Crippen MR) is 24.6 cm³/mol. The Balaban J connectivity index is 1.95. The van der Waals surface area contributed by atoms with E-state index in [1.807, 2.05) is 0 Å². The lowest BCUT2D eigenvalue weighted by atomic mass is 10.5. The van der Waals surface area contributed by atoms with Crippen molar-refractivity contribution in [3.05, 3.63) is 0 Å². The molecule has 1 saturated heterocycles. The molecule has 0 bridgehead atoms. The number of hydrogen-bond donors (Lipinski definition) is 0. The molecular formula is C3H5O4S-. The molecular weight excluding hydrogens is 132 g/mol. The van der Waals surface area contributed by atoms with Gasteiger partial charge in [-0.25, -0.2) is 4.21 Å². The van der Waals surface area contributed by atoms with Gasteiger partial charge in [0, 0.05) is 0 Å². The molecule has 1 aliphatic heterocycles. The fraction of sp³-hybridized carbons (Fsp3) is 1.00. The van der Waals surface area contributed by atoms with Gasteiger partial charge in [0.1, 0.15) is 6.10 Å². The van der Waals surface area contributed by atoms with Crippen molar-refractivity contribution >= 4 is 11.4 Å². The van der Waals surface area contributed by atoms with Crippen molar-refractivity contribution in [1.82, 2.24) is 0 Å². The lowest BCUT2D eigenvalue weighted by Gasteiger charge is -2.01. The van der Waals surface area contributed by atoms with E-state index in [2.05, 4.69) is 8.92 Å². The van der Waals surface area contributed by atoms with Gasteiger partial charge in [0.15, 0.2) is 0 Å². The van der Waals surface area contributed by atoms with E-state index in [1.54, 1.807) is 0 Å². The van der Waals surface area contributed by atoms with Crippen molar-refractivity contribution in [1.29, 1.82) is 0 Å². The van der Waals surface area contributed by atoms with Gasteiger partial charge < -0.3 is 9.29 Å². The lowest BCUT2D eigenvalue weighted by molar-refractivity contribution is 0.257. The summed E-state index contributed by atoms with van der Waals surface area (Å²) in [6.45, 7) is 0.785. The smallest absolute Gasteiger partial charge is 0.106 e. The fourth-order valence-corrected chi connectivity index (χ4v) is 0.559. The summed E-state index contributed by atoms with van der Waals surface area (Å²) in [5, 5.41) is 0. The van der Waals surface area contributed by atoms with Crippen LogP contribution in [0.3, 0.4) is 0 Å². The minimum absolute atomic E-state index is 0.0212. The minimum Gasteiger partial charge on any atom is -0.750 e. The third-order valence-electron chi connectivity index (χ3n) is 0.753. The van der Waals surface area contributed by atoms with Crippen LogP contribution in [0.15, 0.2) is 0 Å². The molecule has 0 aromatic heterocycles. The molecule has 4 nitrogen and oxygen atoms in total. The van der Waals surface area contributed by atoms with Crippen LogP contribution >= 0.6 is 0 Å². The maximum atomic E-state index is 9.65. The SMILES string of the molecule is O=S([O-])OCC1CO1. The molecule has 2 atom stereocenters. The fourth-order valence-electron chi connectivity index (χ4n) is 0.296. The van der Waals surface area contributed by atoms with Crippen LogP contribution in [-0.2, 0) is 20.3 Å². The zero-order valence-electron chi connectivity index (χ0n) is 4.03. The Bertz CT molecular complexity index is 99.5. The van der Waals surface area contributed by atoms with Gasteiger partial charge in [-0.05, 0) is 0 Å². The molecule has 1 fully saturated rings. The number of rotatable bonds is 3. The largest absolute Gasteiger partial charge is 0.750 e. The monoisotopic (exact) mass is 137 g/mol. The van der Waals surface area contributed by atoms with Gasteiger partial charge in [0.2, 0.25) is 0 Å². The summed E-state index contributed by atoms with van der Waals surface area (Å²) in [6.07, 6.45) is 0.0212. The van der Waals surface area contributed by atoms with E-state index in [0.29, 0.717) is 6.61 Å². The van der Waals surface area contributed by atoms with Crippen molar-refractivity contribution in [2.24, 2.45) is 0 Å². The van der Waals surface area contributed by atoms with Crippen LogP contribution in [0.1, 0.15) is 0 Å². The number of epoxide rings is 1. The average molecular weight is 137 g/mol. The van der Waals surface area contributed by atoms with E-state index in [-0.39, 0.29) is 12.7 Å². The van der Waals surface area contributed by atoms with E-state index >= 15 is 0 Å². The molecule has 2 unspecified atom stereocenters. The van der Waals surface area contributed by atoms with E-state index in [9.17, 15) is 8.76 Å². The summed E-state index contributed by atoms with van der Waals surface area (Å²) >= 11 is -2.38. The standard InChI is InChI=1S/C3H6O4S/c4-8(5)7-2-3-1-6-3/h3H,1-2H2,(H,4,5)/p-1. The highest BCUT2D eigenvalue weighted by atomic mass is 32.2. The van der Waals surface area contributed by atoms with Gasteiger partial charge in [-0.2, -0.15) is 0 Å². The molecule has 5 heteroatoms. The zero-order valence-corrected chi connectivity index (χ0v) is 4.85. The Hall–Kier alpha value is 0.0300. The maximum absolute atomic E-state index is 9.65. The lowest BCUT2D eigenvalue weighted by Crippen LogP contribution is -2.02. The van der Waals surface area contributed by atoms with Crippen molar-refractivity contribution in [3.8, 4) is 0 Å². The Labute approximate surface area is 49.3 Å². The minimum atomic E-state index is -2.38. The molecule has 0 aromatic carbocycles. The van der Waals surface area contributed by atoms with E-state index in [1.165, 1.54) is 0 Å². The van der Waals surface area contributed by atoms with E-state index < -0.39 is 11.4 Å². The van der Waals surface area contributed by atoms with Gasteiger partial charge in [-0.3, -0.25) is 4.18 Å². The van der Waals surface area contributed by atoms with Crippen LogP contribution in [0.25, 0.3) is 0 Å². The van der Waals surface area contributed by atoms with Gasteiger partial charge in [0.05, 0.1) is 24.6 Å². The third kappa shape index (κ3) is 2.37. The Morgan fingerprint density at radius 2 is 2.62 bits per heavy atom. The van der Waals surface area contributed by atoms with Crippen molar-refractivity contribution in [2.45, 2.75) is 6.10 Å². The molecule has 1 aliphatic rings. The first-order valence-electron chi connectivity index (χ1n) is 2.13. The molecule has 1 heterocycles. The Kier molecular flexibility index (Phi) is 1.95. The third-order valence-corrected chi connectivity index (χ3v) is 1.08. The number of ether oxygens (including phenoxy) is 1. The molecule has 0 radical (unpaired) electrons. The summed E-state index contributed by atoms with van der Waals surface area (Å²) in [5.74, 6) is 0. The topological polar surface area (TPSA) is 61.9 Å². The first-order chi connectivity index (χ1) is 3.79. The summed E-state index contributed by atoms with van der Waals surface area (Å²) in [6, 6.07) is 0. The second-order valence-electron chi connectivity index (χ2n) is 1.44. The summed E-state index contributed by atoms with van der Waals surface area (Å²) < 4.78 is 28.1. The normalized spacial score (nSPS) is 29.9. The van der Waals surface area contributed by atoms with Crippen LogP contribution in [0.2, 0.25) is 0 Å². The molecule has 0 aliphatic carbocycles. The average Bonchev–Trinajstić information content (AvgIpc) is 2.41. The maximum Gasteiger partial charge on any atom is 0.106 e. The van der Waals surface area contributed by atoms with Gasteiger partial charge in [-0.15, -0.1) is 0 Å². The van der Waals surface area contributed by atoms with Crippen LogP contribution in [0, 0.1) is 0 Å². The first-order valence-corrected chi connectivity index (χ1v) is 3.13. The molecule has 0 N–H and O–H groups in total. The van der Waals surface area contributed by atoms with Gasteiger partial charge in [-0.1, -0.05) is 0 Å². The van der Waals surface area contributed by atoms with Crippen molar-refractivity contribution in [2.75, 3.05) is 13.2 Å². The zero-order chi connectivity index (χ0) is 5.98. The highest BCUT2D eigenvalue weighted by Crippen LogP contribution is 2.08. The second kappa shape index (κ2) is 2.54. The van der Waals surface area contributed by atoms with Crippen molar-refractivity contribution in [3.63, 3.8) is 0 Å². The molecule has 0 spiro atoms. The summed E-state index contributed by atoms with van der Waals surface area (Å²) in [4.78, 5) is 0. The Morgan fingerprint density at radius 1 is 2.00 bits per heavy atom. The molecule has 48 valence electrons. The second-order valence-corrected chi connectivity index (χ2v) is 2.09. The van der Waals surface area contributed by atoms with Crippen LogP contribution < -0.4 is 0 Å². The summed E-state index contributed by atoms with van der Waals surface area (Å²) in [7, 11) is 0. The molecule has 0 amide bonds. The Morgan fingerprint density at radius 3 is 3.00 bits per heavy atom. The van der Waals surface area contributed by atoms with Crippen LogP contribution in [0.4, 0.5) is 0 Å². The molecule has 8 heavy (non-hydrogen) atoms.